The van der Waals surface area contributed by atoms with Crippen LogP contribution in [0, 0.1) is 11.8 Å². The Bertz CT molecular complexity index is 433. The van der Waals surface area contributed by atoms with Crippen molar-refractivity contribution < 1.29 is 0 Å². The van der Waals surface area contributed by atoms with Crippen molar-refractivity contribution in [3.05, 3.63) is 32.7 Å². The molecule has 0 spiro atoms. The van der Waals surface area contributed by atoms with Gasteiger partial charge in [-0.1, -0.05) is 58.2 Å². The topological polar surface area (TPSA) is 12.0 Å². The lowest BCUT2D eigenvalue weighted by Gasteiger charge is -2.26. The summed E-state index contributed by atoms with van der Waals surface area (Å²) in [7, 11) is 0. The molecule has 0 amide bonds. The summed E-state index contributed by atoms with van der Waals surface area (Å²) in [6, 6.07) is 7.50. The van der Waals surface area contributed by atoms with Crippen LogP contribution in [0.2, 0.25) is 0 Å². The molecular weight excluding hydrogens is 366 g/mol. The SMILES string of the molecule is CCC1CCC(NC(C)c2ccc(Br)cc2Br)C1C. The van der Waals surface area contributed by atoms with Gasteiger partial charge in [0.25, 0.3) is 0 Å². The second-order valence-corrected chi connectivity index (χ2v) is 7.54. The molecule has 0 aromatic heterocycles. The molecule has 1 aromatic rings. The summed E-state index contributed by atoms with van der Waals surface area (Å²) in [5, 5.41) is 3.82. The van der Waals surface area contributed by atoms with E-state index in [1.54, 1.807) is 0 Å². The molecule has 19 heavy (non-hydrogen) atoms. The predicted octanol–water partition coefficient (Wildman–Crippen LogP) is 5.69. The van der Waals surface area contributed by atoms with Crippen molar-refractivity contribution in [2.45, 2.75) is 52.1 Å². The summed E-state index contributed by atoms with van der Waals surface area (Å²) in [6.45, 7) is 6.99. The molecule has 2 rings (SSSR count). The van der Waals surface area contributed by atoms with Crippen LogP contribution in [-0.2, 0) is 0 Å². The predicted molar refractivity (Wildman–Crippen MR) is 89.4 cm³/mol. The quantitative estimate of drug-likeness (QED) is 0.698. The van der Waals surface area contributed by atoms with E-state index in [1.807, 2.05) is 0 Å². The zero-order chi connectivity index (χ0) is 14.0. The van der Waals surface area contributed by atoms with Crippen LogP contribution in [0.1, 0.15) is 51.6 Å². The van der Waals surface area contributed by atoms with Crippen LogP contribution in [0.15, 0.2) is 27.1 Å². The van der Waals surface area contributed by atoms with Gasteiger partial charge in [0.15, 0.2) is 0 Å². The largest absolute Gasteiger partial charge is 0.307 e. The Balaban J connectivity index is 2.03. The van der Waals surface area contributed by atoms with Gasteiger partial charge in [-0.2, -0.15) is 0 Å². The molecule has 1 aromatic carbocycles. The fourth-order valence-corrected chi connectivity index (χ4v) is 4.71. The van der Waals surface area contributed by atoms with E-state index in [1.165, 1.54) is 29.3 Å². The third kappa shape index (κ3) is 3.62. The Morgan fingerprint density at radius 2 is 2.05 bits per heavy atom. The molecule has 1 N–H and O–H groups in total. The summed E-state index contributed by atoms with van der Waals surface area (Å²) >= 11 is 7.18. The lowest BCUT2D eigenvalue weighted by atomic mass is 9.93. The van der Waals surface area contributed by atoms with Crippen LogP contribution in [0.25, 0.3) is 0 Å². The highest BCUT2D eigenvalue weighted by Crippen LogP contribution is 2.36. The van der Waals surface area contributed by atoms with E-state index >= 15 is 0 Å². The van der Waals surface area contributed by atoms with Crippen LogP contribution in [0.4, 0.5) is 0 Å². The zero-order valence-corrected chi connectivity index (χ0v) is 15.1. The van der Waals surface area contributed by atoms with E-state index in [0.29, 0.717) is 12.1 Å². The van der Waals surface area contributed by atoms with Crippen molar-refractivity contribution in [1.29, 1.82) is 0 Å². The van der Waals surface area contributed by atoms with E-state index < -0.39 is 0 Å². The van der Waals surface area contributed by atoms with Crippen LogP contribution in [0.5, 0.6) is 0 Å². The Morgan fingerprint density at radius 3 is 2.63 bits per heavy atom. The Hall–Kier alpha value is 0.140. The van der Waals surface area contributed by atoms with Crippen molar-refractivity contribution in [3.8, 4) is 0 Å². The third-order valence-electron chi connectivity index (χ3n) is 4.64. The first-order valence-corrected chi connectivity index (χ1v) is 8.82. The van der Waals surface area contributed by atoms with Gasteiger partial charge in [-0.25, -0.2) is 0 Å². The highest BCUT2D eigenvalue weighted by atomic mass is 79.9. The van der Waals surface area contributed by atoms with E-state index in [9.17, 15) is 0 Å². The molecular formula is C16H23Br2N. The Morgan fingerprint density at radius 1 is 1.32 bits per heavy atom. The molecule has 0 heterocycles. The molecule has 1 nitrogen and oxygen atoms in total. The molecule has 106 valence electrons. The lowest BCUT2D eigenvalue weighted by molar-refractivity contribution is 0.327. The van der Waals surface area contributed by atoms with E-state index in [0.717, 1.165) is 16.3 Å². The molecule has 0 bridgehead atoms. The normalized spacial score (nSPS) is 28.6. The highest BCUT2D eigenvalue weighted by molar-refractivity contribution is 9.11. The van der Waals surface area contributed by atoms with Gasteiger partial charge in [-0.3, -0.25) is 0 Å². The molecule has 0 saturated heterocycles. The summed E-state index contributed by atoms with van der Waals surface area (Å²) < 4.78 is 2.30. The maximum atomic E-state index is 3.82. The van der Waals surface area contributed by atoms with Crippen molar-refractivity contribution >= 4 is 31.9 Å². The zero-order valence-electron chi connectivity index (χ0n) is 11.9. The average Bonchev–Trinajstić information content (AvgIpc) is 2.70. The Kier molecular flexibility index (Phi) is 5.50. The van der Waals surface area contributed by atoms with Crippen molar-refractivity contribution in [3.63, 3.8) is 0 Å². The van der Waals surface area contributed by atoms with Gasteiger partial charge in [0.1, 0.15) is 0 Å². The minimum absolute atomic E-state index is 0.394. The van der Waals surface area contributed by atoms with Gasteiger partial charge in [-0.05, 0) is 49.3 Å². The van der Waals surface area contributed by atoms with Gasteiger partial charge < -0.3 is 5.32 Å². The number of rotatable bonds is 4. The molecule has 4 atom stereocenters. The molecule has 0 aliphatic heterocycles. The van der Waals surface area contributed by atoms with Crippen LogP contribution in [0.3, 0.4) is 0 Å². The maximum absolute atomic E-state index is 3.82. The summed E-state index contributed by atoms with van der Waals surface area (Å²) in [6.07, 6.45) is 4.01. The summed E-state index contributed by atoms with van der Waals surface area (Å²) in [4.78, 5) is 0. The number of hydrogen-bond acceptors (Lipinski definition) is 1. The summed E-state index contributed by atoms with van der Waals surface area (Å²) in [5.74, 6) is 1.69. The van der Waals surface area contributed by atoms with Crippen molar-refractivity contribution in [2.75, 3.05) is 0 Å². The minimum Gasteiger partial charge on any atom is -0.307 e. The molecule has 1 saturated carbocycles. The fraction of sp³-hybridized carbons (Fsp3) is 0.625. The second kappa shape index (κ2) is 6.73. The average molecular weight is 389 g/mol. The monoisotopic (exact) mass is 387 g/mol. The van der Waals surface area contributed by atoms with Gasteiger partial charge >= 0.3 is 0 Å². The van der Waals surface area contributed by atoms with Crippen molar-refractivity contribution in [1.82, 2.24) is 5.32 Å². The van der Waals surface area contributed by atoms with E-state index in [-0.39, 0.29) is 0 Å². The standard InChI is InChI=1S/C16H23Br2N/c1-4-12-5-8-16(10(12)2)19-11(3)14-7-6-13(17)9-15(14)18/h6-7,9-12,16,19H,4-5,8H2,1-3H3. The number of benzene rings is 1. The first-order chi connectivity index (χ1) is 9.02. The second-order valence-electron chi connectivity index (χ2n) is 5.77. The van der Waals surface area contributed by atoms with Gasteiger partial charge in [0.05, 0.1) is 0 Å². The van der Waals surface area contributed by atoms with Crippen molar-refractivity contribution in [2.24, 2.45) is 11.8 Å². The van der Waals surface area contributed by atoms with Crippen LogP contribution in [-0.4, -0.2) is 6.04 Å². The number of halogens is 2. The molecule has 0 radical (unpaired) electrons. The fourth-order valence-electron chi connectivity index (χ4n) is 3.32. The minimum atomic E-state index is 0.394. The molecule has 1 fully saturated rings. The molecule has 3 heteroatoms. The Labute approximate surface area is 133 Å². The van der Waals surface area contributed by atoms with E-state index in [2.05, 4.69) is 76.1 Å². The summed E-state index contributed by atoms with van der Waals surface area (Å²) in [5.41, 5.74) is 1.34. The number of hydrogen-bond donors (Lipinski definition) is 1. The molecule has 4 unspecified atom stereocenters. The first kappa shape index (κ1) is 15.5. The maximum Gasteiger partial charge on any atom is 0.0305 e. The number of nitrogens with one attached hydrogen (secondary N) is 1. The van der Waals surface area contributed by atoms with Gasteiger partial charge in [-0.15, -0.1) is 0 Å². The van der Waals surface area contributed by atoms with Gasteiger partial charge in [0, 0.05) is 21.0 Å². The molecule has 1 aliphatic rings. The smallest absolute Gasteiger partial charge is 0.0305 e. The first-order valence-electron chi connectivity index (χ1n) is 7.24. The van der Waals surface area contributed by atoms with Crippen LogP contribution < -0.4 is 5.32 Å². The lowest BCUT2D eigenvalue weighted by Crippen LogP contribution is -2.34. The molecule has 1 aliphatic carbocycles. The highest BCUT2D eigenvalue weighted by Gasteiger charge is 2.32. The van der Waals surface area contributed by atoms with Gasteiger partial charge in [0.2, 0.25) is 0 Å². The van der Waals surface area contributed by atoms with Crippen LogP contribution >= 0.6 is 31.9 Å². The third-order valence-corrected chi connectivity index (χ3v) is 5.82. The van der Waals surface area contributed by atoms with E-state index in [4.69, 9.17) is 0 Å².